The summed E-state index contributed by atoms with van der Waals surface area (Å²) in [7, 11) is 0. The van der Waals surface area contributed by atoms with Gasteiger partial charge in [-0.3, -0.25) is 4.98 Å². The number of aromatic nitrogens is 1. The SMILES string of the molecule is Cc1ccc(C(N)Cc2ccc(C(C)C)cc2)c(C)n1. The number of benzene rings is 1. The first kappa shape index (κ1) is 14.7. The molecular formula is C18H24N2. The van der Waals surface area contributed by atoms with E-state index in [0.717, 1.165) is 23.4 Å². The van der Waals surface area contributed by atoms with Gasteiger partial charge in [-0.2, -0.15) is 0 Å². The molecule has 2 rings (SSSR count). The van der Waals surface area contributed by atoms with E-state index in [1.807, 2.05) is 19.9 Å². The summed E-state index contributed by atoms with van der Waals surface area (Å²) in [5, 5.41) is 0. The van der Waals surface area contributed by atoms with Crippen LogP contribution in [0.1, 0.15) is 53.9 Å². The molecule has 1 aromatic carbocycles. The molecule has 1 atom stereocenters. The lowest BCUT2D eigenvalue weighted by molar-refractivity contribution is 0.709. The van der Waals surface area contributed by atoms with Gasteiger partial charge in [0.25, 0.3) is 0 Å². The molecule has 0 amide bonds. The summed E-state index contributed by atoms with van der Waals surface area (Å²) >= 11 is 0. The van der Waals surface area contributed by atoms with Gasteiger partial charge in [0, 0.05) is 17.4 Å². The van der Waals surface area contributed by atoms with Gasteiger partial charge in [0.1, 0.15) is 0 Å². The zero-order valence-electron chi connectivity index (χ0n) is 12.9. The van der Waals surface area contributed by atoms with E-state index in [-0.39, 0.29) is 6.04 Å². The predicted molar refractivity (Wildman–Crippen MR) is 84.9 cm³/mol. The quantitative estimate of drug-likeness (QED) is 0.908. The fourth-order valence-electron chi connectivity index (χ4n) is 2.49. The van der Waals surface area contributed by atoms with Crippen LogP contribution in [0.5, 0.6) is 0 Å². The number of nitrogens with two attached hydrogens (primary N) is 1. The molecule has 0 spiro atoms. The van der Waals surface area contributed by atoms with Gasteiger partial charge in [-0.05, 0) is 48.9 Å². The van der Waals surface area contributed by atoms with E-state index < -0.39 is 0 Å². The first-order valence-electron chi connectivity index (χ1n) is 7.26. The summed E-state index contributed by atoms with van der Waals surface area (Å²) in [5.74, 6) is 0.571. The molecule has 1 unspecified atom stereocenters. The number of rotatable bonds is 4. The maximum absolute atomic E-state index is 6.34. The van der Waals surface area contributed by atoms with Gasteiger partial charge in [0.2, 0.25) is 0 Å². The minimum atomic E-state index is 0.00741. The topological polar surface area (TPSA) is 38.9 Å². The predicted octanol–water partition coefficient (Wildman–Crippen LogP) is 4.06. The second-order valence-corrected chi connectivity index (χ2v) is 5.83. The minimum Gasteiger partial charge on any atom is -0.324 e. The molecular weight excluding hydrogens is 244 g/mol. The molecule has 0 aliphatic heterocycles. The number of hydrogen-bond acceptors (Lipinski definition) is 2. The average molecular weight is 268 g/mol. The van der Waals surface area contributed by atoms with Crippen LogP contribution in [0, 0.1) is 13.8 Å². The highest BCUT2D eigenvalue weighted by Crippen LogP contribution is 2.21. The van der Waals surface area contributed by atoms with Gasteiger partial charge in [-0.25, -0.2) is 0 Å². The summed E-state index contributed by atoms with van der Waals surface area (Å²) in [4.78, 5) is 4.49. The molecule has 0 saturated heterocycles. The molecule has 2 aromatic rings. The Morgan fingerprint density at radius 1 is 1.00 bits per heavy atom. The first-order chi connectivity index (χ1) is 9.47. The van der Waals surface area contributed by atoms with Crippen molar-refractivity contribution in [3.63, 3.8) is 0 Å². The monoisotopic (exact) mass is 268 g/mol. The summed E-state index contributed by atoms with van der Waals surface area (Å²) in [6, 6.07) is 12.9. The van der Waals surface area contributed by atoms with Crippen LogP contribution in [-0.4, -0.2) is 4.98 Å². The van der Waals surface area contributed by atoms with Gasteiger partial charge in [-0.1, -0.05) is 44.2 Å². The van der Waals surface area contributed by atoms with E-state index in [1.54, 1.807) is 0 Å². The second kappa shape index (κ2) is 6.19. The molecule has 2 N–H and O–H groups in total. The van der Waals surface area contributed by atoms with Crippen LogP contribution in [-0.2, 0) is 6.42 Å². The molecule has 0 aliphatic rings. The van der Waals surface area contributed by atoms with Crippen LogP contribution in [0.4, 0.5) is 0 Å². The highest BCUT2D eigenvalue weighted by molar-refractivity contribution is 5.29. The Kier molecular flexibility index (Phi) is 4.56. The molecule has 1 aromatic heterocycles. The van der Waals surface area contributed by atoms with Crippen LogP contribution in [0.15, 0.2) is 36.4 Å². The maximum atomic E-state index is 6.34. The minimum absolute atomic E-state index is 0.00741. The third-order valence-corrected chi connectivity index (χ3v) is 3.77. The van der Waals surface area contributed by atoms with Crippen molar-refractivity contribution in [1.29, 1.82) is 0 Å². The highest BCUT2D eigenvalue weighted by atomic mass is 14.7. The Hall–Kier alpha value is -1.67. The van der Waals surface area contributed by atoms with E-state index in [2.05, 4.69) is 49.2 Å². The Labute approximate surface area is 122 Å². The van der Waals surface area contributed by atoms with Gasteiger partial charge in [0.05, 0.1) is 0 Å². The van der Waals surface area contributed by atoms with Crippen molar-refractivity contribution in [3.8, 4) is 0 Å². The zero-order valence-corrected chi connectivity index (χ0v) is 12.9. The molecule has 0 radical (unpaired) electrons. The maximum Gasteiger partial charge on any atom is 0.0423 e. The van der Waals surface area contributed by atoms with Crippen LogP contribution in [0.2, 0.25) is 0 Å². The summed E-state index contributed by atoms with van der Waals surface area (Å²) in [6.45, 7) is 8.46. The third-order valence-electron chi connectivity index (χ3n) is 3.77. The fraction of sp³-hybridized carbons (Fsp3) is 0.389. The van der Waals surface area contributed by atoms with Crippen molar-refractivity contribution >= 4 is 0 Å². The molecule has 20 heavy (non-hydrogen) atoms. The smallest absolute Gasteiger partial charge is 0.0423 e. The summed E-state index contributed by atoms with van der Waals surface area (Å²) in [5.41, 5.74) is 12.2. The van der Waals surface area contributed by atoms with Crippen molar-refractivity contribution in [2.45, 2.75) is 46.1 Å². The van der Waals surface area contributed by atoms with E-state index in [4.69, 9.17) is 5.73 Å². The summed E-state index contributed by atoms with van der Waals surface area (Å²) < 4.78 is 0. The van der Waals surface area contributed by atoms with E-state index in [1.165, 1.54) is 11.1 Å². The largest absolute Gasteiger partial charge is 0.324 e. The Morgan fingerprint density at radius 3 is 2.20 bits per heavy atom. The molecule has 106 valence electrons. The molecule has 0 bridgehead atoms. The normalized spacial score (nSPS) is 12.7. The standard InChI is InChI=1S/C18H24N2/c1-12(2)16-8-6-15(7-9-16)11-18(19)17-10-5-13(3)20-14(17)4/h5-10,12,18H,11,19H2,1-4H3. The first-order valence-corrected chi connectivity index (χ1v) is 7.26. The van der Waals surface area contributed by atoms with Crippen molar-refractivity contribution in [1.82, 2.24) is 4.98 Å². The van der Waals surface area contributed by atoms with Crippen LogP contribution in [0.3, 0.4) is 0 Å². The lowest BCUT2D eigenvalue weighted by atomic mass is 9.96. The van der Waals surface area contributed by atoms with E-state index in [0.29, 0.717) is 5.92 Å². The summed E-state index contributed by atoms with van der Waals surface area (Å²) in [6.07, 6.45) is 0.851. The van der Waals surface area contributed by atoms with Gasteiger partial charge in [-0.15, -0.1) is 0 Å². The van der Waals surface area contributed by atoms with Crippen molar-refractivity contribution in [2.24, 2.45) is 5.73 Å². The van der Waals surface area contributed by atoms with Crippen molar-refractivity contribution < 1.29 is 0 Å². The van der Waals surface area contributed by atoms with Crippen molar-refractivity contribution in [2.75, 3.05) is 0 Å². The second-order valence-electron chi connectivity index (χ2n) is 5.83. The number of hydrogen-bond donors (Lipinski definition) is 1. The Balaban J connectivity index is 2.12. The molecule has 2 heteroatoms. The Morgan fingerprint density at radius 2 is 1.65 bits per heavy atom. The zero-order chi connectivity index (χ0) is 14.7. The Bertz CT molecular complexity index is 570. The van der Waals surface area contributed by atoms with E-state index in [9.17, 15) is 0 Å². The van der Waals surface area contributed by atoms with Gasteiger partial charge < -0.3 is 5.73 Å². The van der Waals surface area contributed by atoms with Crippen LogP contribution >= 0.6 is 0 Å². The average Bonchev–Trinajstić information content (AvgIpc) is 2.39. The molecule has 0 fully saturated rings. The fourth-order valence-corrected chi connectivity index (χ4v) is 2.49. The number of aryl methyl sites for hydroxylation is 2. The van der Waals surface area contributed by atoms with Crippen molar-refractivity contribution in [3.05, 3.63) is 64.5 Å². The van der Waals surface area contributed by atoms with Crippen LogP contribution < -0.4 is 5.73 Å². The van der Waals surface area contributed by atoms with Crippen LogP contribution in [0.25, 0.3) is 0 Å². The number of nitrogens with zero attached hydrogens (tertiary/aromatic N) is 1. The number of pyridine rings is 1. The molecule has 1 heterocycles. The van der Waals surface area contributed by atoms with Gasteiger partial charge in [0.15, 0.2) is 0 Å². The lowest BCUT2D eigenvalue weighted by Gasteiger charge is -2.15. The van der Waals surface area contributed by atoms with E-state index >= 15 is 0 Å². The lowest BCUT2D eigenvalue weighted by Crippen LogP contribution is -2.15. The van der Waals surface area contributed by atoms with Gasteiger partial charge >= 0.3 is 0 Å². The highest BCUT2D eigenvalue weighted by Gasteiger charge is 2.11. The molecule has 0 aliphatic carbocycles. The third kappa shape index (κ3) is 3.45. The molecule has 0 saturated carbocycles. The molecule has 2 nitrogen and oxygen atoms in total.